The lowest BCUT2D eigenvalue weighted by molar-refractivity contribution is -0.141. The Labute approximate surface area is 160 Å². The lowest BCUT2D eigenvalue weighted by atomic mass is 9.99. The van der Waals surface area contributed by atoms with Gasteiger partial charge in [-0.15, -0.1) is 0 Å². The summed E-state index contributed by atoms with van der Waals surface area (Å²) in [6.45, 7) is 4.89. The number of morpholine rings is 1. The van der Waals surface area contributed by atoms with Crippen LogP contribution in [0.25, 0.3) is 0 Å². The standard InChI is InChI=1S/C18H23F3N6O/c19-18(20,21)15-12-27-11-13(1-2-16(27)25-15)7-22-8-14-9-23-17(24-10-14)26-3-5-28-6-4-26/h9-10,12-13,22H,1-8,11H2/t13-/m1/s1. The lowest BCUT2D eigenvalue weighted by Gasteiger charge is -2.26. The first-order valence-electron chi connectivity index (χ1n) is 9.46. The number of aromatic nitrogens is 4. The van der Waals surface area contributed by atoms with E-state index in [0.717, 1.165) is 37.8 Å². The number of aryl methyl sites for hydroxylation is 1. The normalized spacial score (nSPS) is 20.2. The van der Waals surface area contributed by atoms with Crippen molar-refractivity contribution in [3.05, 3.63) is 35.7 Å². The quantitative estimate of drug-likeness (QED) is 0.833. The first-order valence-corrected chi connectivity index (χ1v) is 9.46. The van der Waals surface area contributed by atoms with Gasteiger partial charge in [0.15, 0.2) is 5.69 Å². The number of fused-ring (bicyclic) bond motifs is 1. The van der Waals surface area contributed by atoms with Crippen molar-refractivity contribution in [2.45, 2.75) is 32.1 Å². The van der Waals surface area contributed by atoms with Gasteiger partial charge in [0, 0.05) is 56.8 Å². The Balaban J connectivity index is 1.26. The molecule has 2 aromatic heterocycles. The van der Waals surface area contributed by atoms with Crippen LogP contribution in [-0.2, 0) is 30.4 Å². The number of imidazole rings is 1. The van der Waals surface area contributed by atoms with E-state index in [2.05, 4.69) is 25.2 Å². The zero-order chi connectivity index (χ0) is 19.6. The molecule has 0 aliphatic carbocycles. The molecule has 1 saturated heterocycles. The average molecular weight is 396 g/mol. The molecule has 1 N–H and O–H groups in total. The number of ether oxygens (including phenoxy) is 1. The molecule has 4 heterocycles. The fraction of sp³-hybridized carbons (Fsp3) is 0.611. The molecule has 0 spiro atoms. The predicted octanol–water partition coefficient (Wildman–Crippen LogP) is 1.88. The van der Waals surface area contributed by atoms with Crippen molar-refractivity contribution in [2.75, 3.05) is 37.7 Å². The van der Waals surface area contributed by atoms with Crippen LogP contribution in [0.3, 0.4) is 0 Å². The zero-order valence-electron chi connectivity index (χ0n) is 15.5. The van der Waals surface area contributed by atoms with E-state index in [1.165, 1.54) is 0 Å². The summed E-state index contributed by atoms with van der Waals surface area (Å²) in [6.07, 6.45) is 1.77. The second-order valence-corrected chi connectivity index (χ2v) is 7.22. The molecular weight excluding hydrogens is 373 g/mol. The predicted molar refractivity (Wildman–Crippen MR) is 95.8 cm³/mol. The van der Waals surface area contributed by atoms with Crippen LogP contribution in [0.2, 0.25) is 0 Å². The number of nitrogens with one attached hydrogen (secondary N) is 1. The molecule has 1 fully saturated rings. The third-order valence-electron chi connectivity index (χ3n) is 5.13. The molecule has 7 nitrogen and oxygen atoms in total. The molecule has 2 aromatic rings. The van der Waals surface area contributed by atoms with Crippen molar-refractivity contribution in [1.29, 1.82) is 0 Å². The second-order valence-electron chi connectivity index (χ2n) is 7.22. The summed E-state index contributed by atoms with van der Waals surface area (Å²) >= 11 is 0. The SMILES string of the molecule is FC(F)(F)c1cn2c(n1)CC[C@H](CNCc1cnc(N3CCOCC3)nc1)C2. The van der Waals surface area contributed by atoms with Crippen molar-refractivity contribution in [3.8, 4) is 0 Å². The van der Waals surface area contributed by atoms with Gasteiger partial charge < -0.3 is 19.5 Å². The molecule has 10 heteroatoms. The summed E-state index contributed by atoms with van der Waals surface area (Å²) in [5.74, 6) is 1.51. The highest BCUT2D eigenvalue weighted by Gasteiger charge is 2.35. The van der Waals surface area contributed by atoms with Gasteiger partial charge in [-0.3, -0.25) is 0 Å². The maximum Gasteiger partial charge on any atom is 0.434 e. The largest absolute Gasteiger partial charge is 0.434 e. The average Bonchev–Trinajstić information content (AvgIpc) is 3.13. The maximum atomic E-state index is 12.8. The van der Waals surface area contributed by atoms with Gasteiger partial charge in [-0.2, -0.15) is 13.2 Å². The van der Waals surface area contributed by atoms with E-state index in [4.69, 9.17) is 4.74 Å². The molecule has 152 valence electrons. The molecule has 0 bridgehead atoms. The van der Waals surface area contributed by atoms with E-state index in [1.54, 1.807) is 4.57 Å². The molecule has 2 aliphatic heterocycles. The van der Waals surface area contributed by atoms with Gasteiger partial charge in [-0.05, 0) is 18.9 Å². The highest BCUT2D eigenvalue weighted by atomic mass is 19.4. The summed E-state index contributed by atoms with van der Waals surface area (Å²) in [6, 6.07) is 0. The third kappa shape index (κ3) is 4.44. The van der Waals surface area contributed by atoms with E-state index in [-0.39, 0.29) is 5.92 Å². The highest BCUT2D eigenvalue weighted by Crippen LogP contribution is 2.30. The minimum atomic E-state index is -4.38. The first kappa shape index (κ1) is 19.1. The van der Waals surface area contributed by atoms with Crippen LogP contribution < -0.4 is 10.2 Å². The third-order valence-corrected chi connectivity index (χ3v) is 5.13. The Morgan fingerprint density at radius 1 is 1.18 bits per heavy atom. The molecular formula is C18H23F3N6O. The summed E-state index contributed by atoms with van der Waals surface area (Å²) in [4.78, 5) is 14.7. The molecule has 0 aromatic carbocycles. The van der Waals surface area contributed by atoms with E-state index >= 15 is 0 Å². The van der Waals surface area contributed by atoms with Gasteiger partial charge in [-0.25, -0.2) is 15.0 Å². The Morgan fingerprint density at radius 2 is 1.93 bits per heavy atom. The molecule has 0 amide bonds. The monoisotopic (exact) mass is 396 g/mol. The lowest BCUT2D eigenvalue weighted by Crippen LogP contribution is -2.37. The van der Waals surface area contributed by atoms with Gasteiger partial charge in [0.2, 0.25) is 5.95 Å². The zero-order valence-corrected chi connectivity index (χ0v) is 15.5. The minimum Gasteiger partial charge on any atom is -0.378 e. The topological polar surface area (TPSA) is 68.1 Å². The highest BCUT2D eigenvalue weighted by molar-refractivity contribution is 5.30. The minimum absolute atomic E-state index is 0.274. The maximum absolute atomic E-state index is 12.8. The second kappa shape index (κ2) is 8.04. The van der Waals surface area contributed by atoms with Gasteiger partial charge in [-0.1, -0.05) is 0 Å². The fourth-order valence-electron chi connectivity index (χ4n) is 3.60. The van der Waals surface area contributed by atoms with Crippen LogP contribution in [0.1, 0.15) is 23.5 Å². The van der Waals surface area contributed by atoms with Crippen LogP contribution in [0, 0.1) is 5.92 Å². The van der Waals surface area contributed by atoms with Crippen molar-refractivity contribution < 1.29 is 17.9 Å². The van der Waals surface area contributed by atoms with Crippen molar-refractivity contribution >= 4 is 5.95 Å². The van der Waals surface area contributed by atoms with Crippen LogP contribution >= 0.6 is 0 Å². The smallest absolute Gasteiger partial charge is 0.378 e. The van der Waals surface area contributed by atoms with E-state index in [0.29, 0.717) is 44.5 Å². The van der Waals surface area contributed by atoms with Crippen LogP contribution in [0.5, 0.6) is 0 Å². The summed E-state index contributed by atoms with van der Waals surface area (Å²) in [7, 11) is 0. The van der Waals surface area contributed by atoms with Crippen molar-refractivity contribution in [1.82, 2.24) is 24.8 Å². The van der Waals surface area contributed by atoms with Gasteiger partial charge in [0.1, 0.15) is 5.82 Å². The van der Waals surface area contributed by atoms with E-state index in [9.17, 15) is 13.2 Å². The molecule has 4 rings (SSSR count). The molecule has 28 heavy (non-hydrogen) atoms. The number of nitrogens with zero attached hydrogens (tertiary/aromatic N) is 5. The Hall–Kier alpha value is -2.20. The van der Waals surface area contributed by atoms with Crippen molar-refractivity contribution in [3.63, 3.8) is 0 Å². The number of alkyl halides is 3. The van der Waals surface area contributed by atoms with Crippen LogP contribution in [0.4, 0.5) is 19.1 Å². The summed E-state index contributed by atoms with van der Waals surface area (Å²) < 4.78 is 45.4. The Morgan fingerprint density at radius 3 is 2.64 bits per heavy atom. The van der Waals surface area contributed by atoms with Gasteiger partial charge in [0.25, 0.3) is 0 Å². The summed E-state index contributed by atoms with van der Waals surface area (Å²) in [5.41, 5.74) is 0.184. The van der Waals surface area contributed by atoms with Gasteiger partial charge in [0.05, 0.1) is 13.2 Å². The van der Waals surface area contributed by atoms with Gasteiger partial charge >= 0.3 is 6.18 Å². The Bertz CT molecular complexity index is 786. The number of rotatable bonds is 5. The number of anilines is 1. The van der Waals surface area contributed by atoms with Crippen molar-refractivity contribution in [2.24, 2.45) is 5.92 Å². The van der Waals surface area contributed by atoms with E-state index in [1.807, 2.05) is 12.4 Å². The molecule has 1 atom stereocenters. The number of hydrogen-bond acceptors (Lipinski definition) is 6. The fourth-order valence-corrected chi connectivity index (χ4v) is 3.60. The molecule has 2 aliphatic rings. The Kier molecular flexibility index (Phi) is 5.49. The molecule has 0 saturated carbocycles. The van der Waals surface area contributed by atoms with E-state index < -0.39 is 11.9 Å². The van der Waals surface area contributed by atoms with Crippen LogP contribution in [-0.4, -0.2) is 52.4 Å². The molecule has 0 radical (unpaired) electrons. The number of hydrogen-bond donors (Lipinski definition) is 1. The van der Waals surface area contributed by atoms with Crippen LogP contribution in [0.15, 0.2) is 18.6 Å². The first-order chi connectivity index (χ1) is 13.5. The number of halogens is 3. The molecule has 0 unspecified atom stereocenters. The summed E-state index contributed by atoms with van der Waals surface area (Å²) in [5, 5.41) is 3.37.